The van der Waals surface area contributed by atoms with Crippen molar-refractivity contribution < 1.29 is 18.0 Å². The third kappa shape index (κ3) is 5.26. The highest BCUT2D eigenvalue weighted by Crippen LogP contribution is 2.26. The quantitative estimate of drug-likeness (QED) is 0.716. The molecule has 28 heavy (non-hydrogen) atoms. The van der Waals surface area contributed by atoms with Gasteiger partial charge in [0, 0.05) is 44.3 Å². The Labute approximate surface area is 173 Å². The average molecular weight is 442 g/mol. The van der Waals surface area contributed by atoms with E-state index in [1.54, 1.807) is 38.4 Å². The fourth-order valence-corrected chi connectivity index (χ4v) is 4.09. The lowest BCUT2D eigenvalue weighted by molar-refractivity contribution is 0.102. The molecule has 2 aromatic carbocycles. The molecular weight excluding hydrogens is 422 g/mol. The number of nitrogens with zero attached hydrogens (tertiary/aromatic N) is 2. The molecule has 0 atom stereocenters. The van der Waals surface area contributed by atoms with Gasteiger partial charge in [-0.1, -0.05) is 11.6 Å². The van der Waals surface area contributed by atoms with Crippen molar-refractivity contribution >= 4 is 50.2 Å². The highest BCUT2D eigenvalue weighted by molar-refractivity contribution is 8.13. The Hall–Kier alpha value is -2.07. The summed E-state index contributed by atoms with van der Waals surface area (Å²) in [6.07, 6.45) is 0. The van der Waals surface area contributed by atoms with Crippen LogP contribution < -0.4 is 5.32 Å². The summed E-state index contributed by atoms with van der Waals surface area (Å²) in [5.74, 6) is -0.475. The van der Waals surface area contributed by atoms with E-state index in [0.29, 0.717) is 5.69 Å². The minimum absolute atomic E-state index is 0.0391. The van der Waals surface area contributed by atoms with Gasteiger partial charge >= 0.3 is 0 Å². The predicted molar refractivity (Wildman–Crippen MR) is 112 cm³/mol. The first-order chi connectivity index (χ1) is 13.0. The Morgan fingerprint density at radius 3 is 2.14 bits per heavy atom. The van der Waals surface area contributed by atoms with Crippen molar-refractivity contribution in [2.75, 3.05) is 33.5 Å². The molecule has 0 aliphatic heterocycles. The number of nitrogens with one attached hydrogen (secondary N) is 1. The number of hydrogen-bond donors (Lipinski definition) is 1. The van der Waals surface area contributed by atoms with E-state index in [1.165, 1.54) is 37.2 Å². The molecule has 0 saturated heterocycles. The van der Waals surface area contributed by atoms with E-state index in [0.717, 1.165) is 21.0 Å². The minimum Gasteiger partial charge on any atom is -0.339 e. The van der Waals surface area contributed by atoms with E-state index in [9.17, 15) is 18.0 Å². The van der Waals surface area contributed by atoms with Gasteiger partial charge in [0.05, 0.1) is 5.02 Å². The van der Waals surface area contributed by atoms with Crippen molar-refractivity contribution in [3.05, 3.63) is 53.1 Å². The zero-order valence-corrected chi connectivity index (χ0v) is 18.2. The molecule has 0 spiro atoms. The molecule has 1 N–H and O–H groups in total. The summed E-state index contributed by atoms with van der Waals surface area (Å²) >= 11 is 7.07. The maximum absolute atomic E-state index is 12.5. The maximum Gasteiger partial charge on any atom is 0.285 e. The molecule has 0 unspecified atom stereocenters. The fourth-order valence-electron chi connectivity index (χ4n) is 2.04. The molecule has 150 valence electrons. The SMILES string of the molecule is CN(C)C(=O)Sc1ccc(NC(=O)c2ccc(Cl)c(S(=O)(=O)N(C)C)c2)cc1. The second-order valence-electron chi connectivity index (χ2n) is 6.17. The van der Waals surface area contributed by atoms with Crippen LogP contribution in [-0.2, 0) is 10.0 Å². The number of carbonyl (C=O) groups is 2. The second kappa shape index (κ2) is 8.95. The highest BCUT2D eigenvalue weighted by atomic mass is 35.5. The summed E-state index contributed by atoms with van der Waals surface area (Å²) in [6, 6.07) is 10.8. The lowest BCUT2D eigenvalue weighted by Crippen LogP contribution is -2.23. The van der Waals surface area contributed by atoms with E-state index in [4.69, 9.17) is 11.6 Å². The monoisotopic (exact) mass is 441 g/mol. The zero-order valence-electron chi connectivity index (χ0n) is 15.8. The molecular formula is C18H20ClN3O4S2. The first-order valence-corrected chi connectivity index (χ1v) is 10.7. The zero-order chi connectivity index (χ0) is 21.1. The molecule has 0 aromatic heterocycles. The van der Waals surface area contributed by atoms with E-state index in [-0.39, 0.29) is 20.7 Å². The molecule has 2 rings (SSSR count). The third-order valence-corrected chi connectivity index (χ3v) is 6.98. The topological polar surface area (TPSA) is 86.8 Å². The van der Waals surface area contributed by atoms with Gasteiger partial charge in [-0.3, -0.25) is 9.59 Å². The Morgan fingerprint density at radius 1 is 1.00 bits per heavy atom. The Morgan fingerprint density at radius 2 is 1.61 bits per heavy atom. The number of thioether (sulfide) groups is 1. The van der Waals surface area contributed by atoms with Gasteiger partial charge in [0.15, 0.2) is 0 Å². The highest BCUT2D eigenvalue weighted by Gasteiger charge is 2.22. The van der Waals surface area contributed by atoms with Crippen LogP contribution in [0.3, 0.4) is 0 Å². The average Bonchev–Trinajstić information content (AvgIpc) is 2.63. The number of hydrogen-bond acceptors (Lipinski definition) is 5. The van der Waals surface area contributed by atoms with Crippen LogP contribution in [-0.4, -0.2) is 57.0 Å². The van der Waals surface area contributed by atoms with E-state index >= 15 is 0 Å². The summed E-state index contributed by atoms with van der Waals surface area (Å²) in [5, 5.41) is 2.63. The summed E-state index contributed by atoms with van der Waals surface area (Å²) in [7, 11) is 2.33. The van der Waals surface area contributed by atoms with Crippen LogP contribution in [0.4, 0.5) is 10.5 Å². The van der Waals surface area contributed by atoms with Gasteiger partial charge in [-0.25, -0.2) is 12.7 Å². The molecule has 2 amide bonds. The van der Waals surface area contributed by atoms with Crippen LogP contribution in [0.2, 0.25) is 5.02 Å². The summed E-state index contributed by atoms with van der Waals surface area (Å²) < 4.78 is 25.7. The molecule has 0 saturated carbocycles. The van der Waals surface area contributed by atoms with Crippen LogP contribution in [0, 0.1) is 0 Å². The van der Waals surface area contributed by atoms with Gasteiger partial charge in [0.25, 0.3) is 11.1 Å². The Bertz CT molecular complexity index is 990. The summed E-state index contributed by atoms with van der Waals surface area (Å²) in [5.41, 5.74) is 0.671. The van der Waals surface area contributed by atoms with Crippen LogP contribution >= 0.6 is 23.4 Å². The van der Waals surface area contributed by atoms with Gasteiger partial charge < -0.3 is 10.2 Å². The van der Waals surface area contributed by atoms with E-state index < -0.39 is 15.9 Å². The second-order valence-corrected chi connectivity index (χ2v) is 9.73. The van der Waals surface area contributed by atoms with Crippen LogP contribution in [0.1, 0.15) is 10.4 Å². The summed E-state index contributed by atoms with van der Waals surface area (Å²) in [4.78, 5) is 26.3. The molecule has 10 heteroatoms. The molecule has 2 aromatic rings. The van der Waals surface area contributed by atoms with Crippen molar-refractivity contribution in [3.8, 4) is 0 Å². The Kier molecular flexibility index (Phi) is 7.11. The number of rotatable bonds is 5. The van der Waals surface area contributed by atoms with Crippen molar-refractivity contribution in [2.24, 2.45) is 0 Å². The van der Waals surface area contributed by atoms with Crippen LogP contribution in [0.5, 0.6) is 0 Å². The molecule has 0 fully saturated rings. The van der Waals surface area contributed by atoms with Gasteiger partial charge in [0.1, 0.15) is 4.90 Å². The lowest BCUT2D eigenvalue weighted by Gasteiger charge is -2.14. The normalized spacial score (nSPS) is 11.4. The van der Waals surface area contributed by atoms with Crippen molar-refractivity contribution in [3.63, 3.8) is 0 Å². The van der Waals surface area contributed by atoms with E-state index in [2.05, 4.69) is 5.32 Å². The number of halogens is 1. The molecule has 0 heterocycles. The van der Waals surface area contributed by atoms with Gasteiger partial charge in [-0.05, 0) is 54.2 Å². The maximum atomic E-state index is 12.5. The number of carbonyl (C=O) groups excluding carboxylic acids is 2. The molecule has 0 radical (unpaired) electrons. The molecule has 0 aliphatic rings. The minimum atomic E-state index is -3.78. The number of sulfonamides is 1. The lowest BCUT2D eigenvalue weighted by atomic mass is 10.2. The summed E-state index contributed by atoms with van der Waals surface area (Å²) in [6.45, 7) is 0. The van der Waals surface area contributed by atoms with Gasteiger partial charge in [-0.15, -0.1) is 0 Å². The standard InChI is InChI=1S/C18H20ClN3O4S2/c1-21(2)18(24)27-14-8-6-13(7-9-14)20-17(23)12-5-10-15(19)16(11-12)28(25,26)22(3)4/h5-11H,1-4H3,(H,20,23). The van der Waals surface area contributed by atoms with Crippen LogP contribution in [0.15, 0.2) is 52.3 Å². The first-order valence-electron chi connectivity index (χ1n) is 8.05. The number of amides is 2. The largest absolute Gasteiger partial charge is 0.339 e. The van der Waals surface area contributed by atoms with Gasteiger partial charge in [-0.2, -0.15) is 0 Å². The Balaban J connectivity index is 2.18. The van der Waals surface area contributed by atoms with Crippen LogP contribution in [0.25, 0.3) is 0 Å². The first kappa shape index (κ1) is 22.2. The van der Waals surface area contributed by atoms with Crippen molar-refractivity contribution in [2.45, 2.75) is 9.79 Å². The van der Waals surface area contributed by atoms with Gasteiger partial charge in [0.2, 0.25) is 10.0 Å². The van der Waals surface area contributed by atoms with E-state index in [1.807, 2.05) is 0 Å². The molecule has 0 aliphatic carbocycles. The number of anilines is 1. The third-order valence-electron chi connectivity index (χ3n) is 3.63. The number of benzene rings is 2. The predicted octanol–water partition coefficient (Wildman–Crippen LogP) is 3.62. The van der Waals surface area contributed by atoms with Crippen molar-refractivity contribution in [1.29, 1.82) is 0 Å². The fraction of sp³-hybridized carbons (Fsp3) is 0.222. The molecule has 0 bridgehead atoms. The smallest absolute Gasteiger partial charge is 0.285 e. The molecule has 7 nitrogen and oxygen atoms in total. The van der Waals surface area contributed by atoms with Crippen molar-refractivity contribution in [1.82, 2.24) is 9.21 Å².